The average Bonchev–Trinajstić information content (AvgIpc) is 3.17. The Hall–Kier alpha value is -4.20. The lowest BCUT2D eigenvalue weighted by Crippen LogP contribution is -2.27. The number of hydrogen-bond donors (Lipinski definition) is 3. The van der Waals surface area contributed by atoms with Crippen LogP contribution in [0.25, 0.3) is 11.1 Å². The number of aromatic carboxylic acids is 1. The van der Waals surface area contributed by atoms with Crippen LogP contribution in [0.2, 0.25) is 0 Å². The van der Waals surface area contributed by atoms with Crippen molar-refractivity contribution in [2.75, 3.05) is 18.5 Å². The van der Waals surface area contributed by atoms with Gasteiger partial charge >= 0.3 is 12.1 Å². The molecule has 3 aromatic rings. The van der Waals surface area contributed by atoms with Gasteiger partial charge in [0.2, 0.25) is 5.91 Å². The number of fused-ring (bicyclic) bond motifs is 3. The average molecular weight is 477 g/mol. The number of amides is 2. The van der Waals surface area contributed by atoms with Crippen molar-refractivity contribution in [2.45, 2.75) is 25.2 Å². The van der Waals surface area contributed by atoms with E-state index in [1.807, 2.05) is 24.3 Å². The van der Waals surface area contributed by atoms with E-state index in [4.69, 9.17) is 9.84 Å². The topological polar surface area (TPSA) is 105 Å². The smallest absolute Gasteiger partial charge is 0.407 e. The first-order valence-electron chi connectivity index (χ1n) is 11.4. The summed E-state index contributed by atoms with van der Waals surface area (Å²) in [5, 5.41) is 14.1. The van der Waals surface area contributed by atoms with Crippen LogP contribution in [-0.2, 0) is 9.53 Å². The van der Waals surface area contributed by atoms with Gasteiger partial charge in [-0.05, 0) is 53.3 Å². The highest BCUT2D eigenvalue weighted by atomic mass is 19.1. The van der Waals surface area contributed by atoms with Crippen molar-refractivity contribution in [3.63, 3.8) is 0 Å². The third-order valence-electron chi connectivity index (χ3n) is 5.93. The second-order valence-electron chi connectivity index (χ2n) is 8.26. The van der Waals surface area contributed by atoms with E-state index in [2.05, 4.69) is 34.9 Å². The molecule has 4 rings (SSSR count). The number of rotatable bonds is 9. The summed E-state index contributed by atoms with van der Waals surface area (Å²) in [5.74, 6) is -2.37. The van der Waals surface area contributed by atoms with Crippen molar-refractivity contribution in [1.82, 2.24) is 5.32 Å². The van der Waals surface area contributed by atoms with Crippen molar-refractivity contribution < 1.29 is 28.6 Å². The summed E-state index contributed by atoms with van der Waals surface area (Å²) in [5.41, 5.74) is 4.30. The summed E-state index contributed by atoms with van der Waals surface area (Å²) in [4.78, 5) is 35.2. The molecule has 35 heavy (non-hydrogen) atoms. The minimum absolute atomic E-state index is 0.0168. The molecule has 0 bridgehead atoms. The number of anilines is 1. The Labute approximate surface area is 201 Å². The van der Waals surface area contributed by atoms with Crippen molar-refractivity contribution in [1.29, 1.82) is 0 Å². The number of ether oxygens (including phenoxy) is 1. The first-order valence-corrected chi connectivity index (χ1v) is 11.4. The Balaban J connectivity index is 1.18. The van der Waals surface area contributed by atoms with Gasteiger partial charge in [0.05, 0.1) is 11.3 Å². The molecule has 1 aliphatic rings. The summed E-state index contributed by atoms with van der Waals surface area (Å²) < 4.78 is 19.3. The Morgan fingerprint density at radius 2 is 1.57 bits per heavy atom. The summed E-state index contributed by atoms with van der Waals surface area (Å²) in [7, 11) is 0. The number of carboxylic acids is 1. The normalized spacial score (nSPS) is 11.9. The molecule has 3 aromatic carbocycles. The van der Waals surface area contributed by atoms with Crippen LogP contribution in [0.1, 0.15) is 46.7 Å². The van der Waals surface area contributed by atoms with Crippen LogP contribution >= 0.6 is 0 Å². The largest absolute Gasteiger partial charge is 0.478 e. The zero-order chi connectivity index (χ0) is 24.8. The molecule has 0 saturated heterocycles. The minimum Gasteiger partial charge on any atom is -0.478 e. The van der Waals surface area contributed by atoms with Crippen LogP contribution in [-0.4, -0.2) is 36.2 Å². The molecular weight excluding hydrogens is 451 g/mol. The van der Waals surface area contributed by atoms with E-state index < -0.39 is 23.8 Å². The van der Waals surface area contributed by atoms with Crippen LogP contribution in [0, 0.1) is 5.82 Å². The van der Waals surface area contributed by atoms with Gasteiger partial charge < -0.3 is 20.5 Å². The molecule has 2 amide bonds. The highest BCUT2D eigenvalue weighted by Crippen LogP contribution is 2.44. The van der Waals surface area contributed by atoms with E-state index in [1.165, 1.54) is 0 Å². The molecule has 3 N–H and O–H groups in total. The van der Waals surface area contributed by atoms with E-state index >= 15 is 0 Å². The third kappa shape index (κ3) is 5.66. The highest BCUT2D eigenvalue weighted by Gasteiger charge is 2.28. The highest BCUT2D eigenvalue weighted by molar-refractivity contribution is 5.94. The summed E-state index contributed by atoms with van der Waals surface area (Å²) in [6.07, 6.45) is 0.553. The number of unbranched alkanes of at least 4 members (excludes halogenated alkanes) is 1. The van der Waals surface area contributed by atoms with Gasteiger partial charge in [-0.1, -0.05) is 48.5 Å². The number of hydrogen-bond acceptors (Lipinski definition) is 4. The fraction of sp³-hybridized carbons (Fsp3) is 0.222. The van der Waals surface area contributed by atoms with Crippen molar-refractivity contribution in [3.05, 3.63) is 89.2 Å². The Morgan fingerprint density at radius 1 is 0.914 bits per heavy atom. The third-order valence-corrected chi connectivity index (χ3v) is 5.93. The number of carboxylic acid groups (broad SMARTS) is 1. The number of benzene rings is 3. The van der Waals surface area contributed by atoms with Gasteiger partial charge in [-0.3, -0.25) is 4.79 Å². The van der Waals surface area contributed by atoms with Crippen molar-refractivity contribution in [2.24, 2.45) is 0 Å². The van der Waals surface area contributed by atoms with Crippen molar-refractivity contribution in [3.8, 4) is 11.1 Å². The predicted octanol–water partition coefficient (Wildman–Crippen LogP) is 5.17. The lowest BCUT2D eigenvalue weighted by molar-refractivity contribution is -0.116. The second-order valence-corrected chi connectivity index (χ2v) is 8.26. The standard InChI is InChI=1S/C27H25FN2O5/c28-23-13-12-17(26(32)33)15-24(23)30-25(31)11-5-6-14-29-27(34)35-16-22-20-9-3-1-7-18(20)19-8-2-4-10-21(19)22/h1-4,7-10,12-13,15,22H,5-6,11,14,16H2,(H,29,34)(H,30,31)(H,32,33). The van der Waals surface area contributed by atoms with E-state index in [9.17, 15) is 18.8 Å². The Kier molecular flexibility index (Phi) is 7.40. The molecule has 0 aromatic heterocycles. The van der Waals surface area contributed by atoms with Crippen LogP contribution < -0.4 is 10.6 Å². The Bertz CT molecular complexity index is 1210. The van der Waals surface area contributed by atoms with Crippen LogP contribution in [0.5, 0.6) is 0 Å². The van der Waals surface area contributed by atoms with E-state index in [-0.39, 0.29) is 30.2 Å². The van der Waals surface area contributed by atoms with E-state index in [0.717, 1.165) is 40.5 Å². The maximum atomic E-state index is 13.8. The van der Waals surface area contributed by atoms with E-state index in [1.54, 1.807) is 0 Å². The molecule has 8 heteroatoms. The molecular formula is C27H25FN2O5. The van der Waals surface area contributed by atoms with Crippen LogP contribution in [0.3, 0.4) is 0 Å². The molecule has 0 saturated carbocycles. The van der Waals surface area contributed by atoms with Gasteiger partial charge in [0, 0.05) is 18.9 Å². The summed E-state index contributed by atoms with van der Waals surface area (Å²) in [6.45, 7) is 0.552. The monoisotopic (exact) mass is 476 g/mol. The van der Waals surface area contributed by atoms with E-state index in [0.29, 0.717) is 19.4 Å². The number of nitrogens with one attached hydrogen (secondary N) is 2. The molecule has 0 unspecified atom stereocenters. The quantitative estimate of drug-likeness (QED) is 0.370. The van der Waals surface area contributed by atoms with Gasteiger partial charge in [0.1, 0.15) is 12.4 Å². The maximum Gasteiger partial charge on any atom is 0.407 e. The number of alkyl carbamates (subject to hydrolysis) is 1. The minimum atomic E-state index is -1.21. The first kappa shape index (κ1) is 23.9. The Morgan fingerprint density at radius 3 is 2.23 bits per heavy atom. The summed E-state index contributed by atoms with van der Waals surface area (Å²) >= 11 is 0. The van der Waals surface area contributed by atoms with Crippen LogP contribution in [0.15, 0.2) is 66.7 Å². The SMILES string of the molecule is O=C(CCCCNC(=O)OCC1c2ccccc2-c2ccccc21)Nc1cc(C(=O)O)ccc1F. The zero-order valence-corrected chi connectivity index (χ0v) is 18.9. The summed E-state index contributed by atoms with van der Waals surface area (Å²) in [6, 6.07) is 19.4. The maximum absolute atomic E-state index is 13.8. The predicted molar refractivity (Wildman–Crippen MR) is 129 cm³/mol. The lowest BCUT2D eigenvalue weighted by atomic mass is 9.98. The van der Waals surface area contributed by atoms with Crippen molar-refractivity contribution >= 4 is 23.7 Å². The first-order chi connectivity index (χ1) is 16.9. The molecule has 7 nitrogen and oxygen atoms in total. The fourth-order valence-electron chi connectivity index (χ4n) is 4.22. The van der Waals surface area contributed by atoms with Crippen LogP contribution in [0.4, 0.5) is 14.9 Å². The molecule has 0 spiro atoms. The van der Waals surface area contributed by atoms with Gasteiger partial charge in [-0.25, -0.2) is 14.0 Å². The van der Waals surface area contributed by atoms with Gasteiger partial charge in [-0.2, -0.15) is 0 Å². The number of halogens is 1. The molecule has 1 aliphatic carbocycles. The van der Waals surface area contributed by atoms with Gasteiger partial charge in [-0.15, -0.1) is 0 Å². The molecule has 0 heterocycles. The second kappa shape index (κ2) is 10.8. The molecule has 0 radical (unpaired) electrons. The fourth-order valence-corrected chi connectivity index (χ4v) is 4.22. The lowest BCUT2D eigenvalue weighted by Gasteiger charge is -2.14. The van der Waals surface area contributed by atoms with Gasteiger partial charge in [0.15, 0.2) is 0 Å². The zero-order valence-electron chi connectivity index (χ0n) is 18.9. The molecule has 0 fully saturated rings. The number of carbonyl (C=O) groups is 3. The van der Waals surface area contributed by atoms with Gasteiger partial charge in [0.25, 0.3) is 0 Å². The molecule has 180 valence electrons. The molecule has 0 atom stereocenters. The number of carbonyl (C=O) groups excluding carboxylic acids is 2. The molecule has 0 aliphatic heterocycles.